The molecule has 0 aliphatic carbocycles. The van der Waals surface area contributed by atoms with E-state index in [1.54, 1.807) is 25.7 Å². The van der Waals surface area contributed by atoms with Crippen LogP contribution >= 0.6 is 0 Å². The van der Waals surface area contributed by atoms with E-state index in [9.17, 15) is 13.6 Å². The van der Waals surface area contributed by atoms with Crippen molar-refractivity contribution in [1.82, 2.24) is 9.88 Å². The minimum Gasteiger partial charge on any atom is -0.472 e. The van der Waals surface area contributed by atoms with E-state index in [0.717, 1.165) is 5.56 Å². The number of alkyl halides is 2. The molecule has 1 fully saturated rings. The van der Waals surface area contributed by atoms with Gasteiger partial charge in [0, 0.05) is 31.6 Å². The highest BCUT2D eigenvalue weighted by Gasteiger charge is 2.31. The van der Waals surface area contributed by atoms with Gasteiger partial charge in [-0.25, -0.2) is 4.79 Å². The average molecular weight is 435 g/mol. The van der Waals surface area contributed by atoms with Crippen LogP contribution in [0.2, 0.25) is 0 Å². The molecular weight excluding hydrogens is 408 g/mol. The fraction of sp³-hybridized carbons (Fsp3) is 0.455. The Morgan fingerprint density at radius 1 is 1.26 bits per heavy atom. The van der Waals surface area contributed by atoms with Crippen molar-refractivity contribution in [3.05, 3.63) is 48.0 Å². The molecule has 0 saturated carbocycles. The third kappa shape index (κ3) is 7.27. The normalized spacial score (nSPS) is 16.3. The van der Waals surface area contributed by atoms with E-state index < -0.39 is 18.3 Å². The van der Waals surface area contributed by atoms with Crippen molar-refractivity contribution in [3.8, 4) is 11.6 Å². The summed E-state index contributed by atoms with van der Waals surface area (Å²) in [4.78, 5) is 18.1. The van der Waals surface area contributed by atoms with Gasteiger partial charge in [-0.1, -0.05) is 30.3 Å². The van der Waals surface area contributed by atoms with Crippen molar-refractivity contribution >= 4 is 11.9 Å². The summed E-state index contributed by atoms with van der Waals surface area (Å²) in [6.07, 6.45) is -0.163. The first-order valence-electron chi connectivity index (χ1n) is 10.1. The third-order valence-electron chi connectivity index (χ3n) is 4.40. The predicted molar refractivity (Wildman–Crippen MR) is 111 cm³/mol. The van der Waals surface area contributed by atoms with Crippen LogP contribution in [0.1, 0.15) is 32.8 Å². The standard InChI is InChI=1S/C22H27F2N3O4/c1-22(2,3)31-21(28)27-10-9-16(14-27)29-19-12-17(30-20(23)24)11-18(26-19)25-13-15-7-5-4-6-8-15/h4-8,11-12,16,20H,9-10,13-14H2,1-3H3,(H,25,26). The van der Waals surface area contributed by atoms with Gasteiger partial charge in [-0.3, -0.25) is 0 Å². The zero-order valence-electron chi connectivity index (χ0n) is 17.8. The Hall–Kier alpha value is -3.10. The lowest BCUT2D eigenvalue weighted by Gasteiger charge is -2.24. The summed E-state index contributed by atoms with van der Waals surface area (Å²) in [6, 6.07) is 12.3. The molecule has 1 aromatic carbocycles. The van der Waals surface area contributed by atoms with E-state index in [-0.39, 0.29) is 17.7 Å². The van der Waals surface area contributed by atoms with Crippen LogP contribution in [0.5, 0.6) is 11.6 Å². The number of carbonyl (C=O) groups excluding carboxylic acids is 1. The number of aromatic nitrogens is 1. The van der Waals surface area contributed by atoms with Gasteiger partial charge in [-0.2, -0.15) is 13.8 Å². The van der Waals surface area contributed by atoms with Gasteiger partial charge >= 0.3 is 12.7 Å². The quantitative estimate of drug-likeness (QED) is 0.681. The maximum Gasteiger partial charge on any atom is 0.410 e. The number of anilines is 1. The zero-order valence-corrected chi connectivity index (χ0v) is 17.8. The Kier molecular flexibility index (Phi) is 7.14. The molecule has 1 aliphatic rings. The molecule has 1 aromatic heterocycles. The number of rotatable bonds is 7. The molecule has 1 atom stereocenters. The second-order valence-electron chi connectivity index (χ2n) is 8.20. The molecule has 31 heavy (non-hydrogen) atoms. The van der Waals surface area contributed by atoms with Crippen LogP contribution in [0, 0.1) is 0 Å². The monoisotopic (exact) mass is 435 g/mol. The number of hydrogen-bond acceptors (Lipinski definition) is 6. The Labute approximate surface area is 180 Å². The number of nitrogens with one attached hydrogen (secondary N) is 1. The van der Waals surface area contributed by atoms with Crippen molar-refractivity contribution in [2.24, 2.45) is 0 Å². The highest BCUT2D eigenvalue weighted by atomic mass is 19.3. The molecule has 9 heteroatoms. The maximum absolute atomic E-state index is 12.8. The van der Waals surface area contributed by atoms with Gasteiger partial charge in [0.1, 0.15) is 23.3 Å². The van der Waals surface area contributed by atoms with E-state index in [0.29, 0.717) is 31.9 Å². The van der Waals surface area contributed by atoms with E-state index >= 15 is 0 Å². The number of benzene rings is 1. The molecular formula is C22H27F2N3O4. The van der Waals surface area contributed by atoms with Crippen LogP contribution in [0.25, 0.3) is 0 Å². The number of carbonyl (C=O) groups is 1. The van der Waals surface area contributed by atoms with Crippen molar-refractivity contribution in [1.29, 1.82) is 0 Å². The Morgan fingerprint density at radius 2 is 2.00 bits per heavy atom. The average Bonchev–Trinajstić information content (AvgIpc) is 3.14. The summed E-state index contributed by atoms with van der Waals surface area (Å²) in [5.41, 5.74) is 0.424. The molecule has 3 rings (SSSR count). The lowest BCUT2D eigenvalue weighted by atomic mass is 10.2. The Bertz CT molecular complexity index is 875. The molecule has 0 bridgehead atoms. The van der Waals surface area contributed by atoms with Gasteiger partial charge in [0.05, 0.1) is 6.54 Å². The molecule has 1 unspecified atom stereocenters. The van der Waals surface area contributed by atoms with Crippen molar-refractivity contribution in [2.45, 2.75) is 52.1 Å². The Balaban J connectivity index is 1.66. The van der Waals surface area contributed by atoms with Crippen LogP contribution in [0.3, 0.4) is 0 Å². The summed E-state index contributed by atoms with van der Waals surface area (Å²) in [6.45, 7) is 3.70. The molecule has 2 heterocycles. The summed E-state index contributed by atoms with van der Waals surface area (Å²) in [5, 5.41) is 3.09. The van der Waals surface area contributed by atoms with Crippen LogP contribution < -0.4 is 14.8 Å². The first-order valence-corrected chi connectivity index (χ1v) is 10.1. The maximum atomic E-state index is 12.8. The van der Waals surface area contributed by atoms with E-state index in [1.165, 1.54) is 12.1 Å². The molecule has 168 valence electrons. The summed E-state index contributed by atoms with van der Waals surface area (Å²) in [7, 11) is 0. The number of ether oxygens (including phenoxy) is 3. The molecule has 1 aliphatic heterocycles. The SMILES string of the molecule is CC(C)(C)OC(=O)N1CCC(Oc2cc(OC(F)F)cc(NCc3ccccc3)n2)C1. The molecule has 7 nitrogen and oxygen atoms in total. The highest BCUT2D eigenvalue weighted by Crippen LogP contribution is 2.27. The molecule has 2 aromatic rings. The number of halogens is 2. The van der Waals surface area contributed by atoms with Crippen molar-refractivity contribution < 1.29 is 27.8 Å². The lowest BCUT2D eigenvalue weighted by Crippen LogP contribution is -2.36. The fourth-order valence-corrected chi connectivity index (χ4v) is 3.08. The summed E-state index contributed by atoms with van der Waals surface area (Å²) in [5.74, 6) is 0.432. The minimum absolute atomic E-state index is 0.0578. The fourth-order valence-electron chi connectivity index (χ4n) is 3.08. The van der Waals surface area contributed by atoms with E-state index in [4.69, 9.17) is 9.47 Å². The van der Waals surface area contributed by atoms with Gasteiger partial charge in [0.2, 0.25) is 5.88 Å². The summed E-state index contributed by atoms with van der Waals surface area (Å²) >= 11 is 0. The van der Waals surface area contributed by atoms with Crippen molar-refractivity contribution in [2.75, 3.05) is 18.4 Å². The number of hydrogen-bond donors (Lipinski definition) is 1. The Morgan fingerprint density at radius 3 is 2.68 bits per heavy atom. The molecule has 1 amide bonds. The highest BCUT2D eigenvalue weighted by molar-refractivity contribution is 5.68. The number of pyridine rings is 1. The third-order valence-corrected chi connectivity index (χ3v) is 4.40. The van der Waals surface area contributed by atoms with Gasteiger partial charge in [0.15, 0.2) is 0 Å². The first-order chi connectivity index (χ1) is 14.7. The van der Waals surface area contributed by atoms with Crippen LogP contribution in [0.15, 0.2) is 42.5 Å². The van der Waals surface area contributed by atoms with Gasteiger partial charge in [-0.05, 0) is 26.3 Å². The number of nitrogens with zero attached hydrogens (tertiary/aromatic N) is 2. The number of amides is 1. The first kappa shape index (κ1) is 22.6. The number of likely N-dealkylation sites (tertiary alicyclic amines) is 1. The van der Waals surface area contributed by atoms with Crippen LogP contribution in [-0.2, 0) is 11.3 Å². The van der Waals surface area contributed by atoms with Crippen LogP contribution in [-0.4, -0.2) is 47.4 Å². The molecule has 0 radical (unpaired) electrons. The topological polar surface area (TPSA) is 72.9 Å². The lowest BCUT2D eigenvalue weighted by molar-refractivity contribution is -0.0500. The van der Waals surface area contributed by atoms with E-state index in [2.05, 4.69) is 15.0 Å². The summed E-state index contributed by atoms with van der Waals surface area (Å²) < 4.78 is 41.3. The van der Waals surface area contributed by atoms with Gasteiger partial charge in [-0.15, -0.1) is 0 Å². The predicted octanol–water partition coefficient (Wildman–Crippen LogP) is 4.68. The minimum atomic E-state index is -2.97. The van der Waals surface area contributed by atoms with Gasteiger partial charge < -0.3 is 24.4 Å². The largest absolute Gasteiger partial charge is 0.472 e. The van der Waals surface area contributed by atoms with E-state index in [1.807, 2.05) is 30.3 Å². The second-order valence-corrected chi connectivity index (χ2v) is 8.20. The van der Waals surface area contributed by atoms with Gasteiger partial charge in [0.25, 0.3) is 0 Å². The smallest absolute Gasteiger partial charge is 0.410 e. The molecule has 0 spiro atoms. The van der Waals surface area contributed by atoms with Crippen molar-refractivity contribution in [3.63, 3.8) is 0 Å². The zero-order chi connectivity index (χ0) is 22.4. The molecule has 1 saturated heterocycles. The van der Waals surface area contributed by atoms with Crippen LogP contribution in [0.4, 0.5) is 19.4 Å². The molecule has 1 N–H and O–H groups in total. The second kappa shape index (κ2) is 9.80.